The van der Waals surface area contributed by atoms with E-state index in [1.54, 1.807) is 20.8 Å². The van der Waals surface area contributed by atoms with Gasteiger partial charge in [-0.25, -0.2) is 0 Å². The van der Waals surface area contributed by atoms with Crippen LogP contribution in [0.2, 0.25) is 0 Å². The first-order chi connectivity index (χ1) is 12.3. The largest absolute Gasteiger partial charge is 0.466 e. The zero-order valence-corrected chi connectivity index (χ0v) is 15.4. The van der Waals surface area contributed by atoms with Crippen molar-refractivity contribution in [1.82, 2.24) is 0 Å². The van der Waals surface area contributed by atoms with Gasteiger partial charge in [0.05, 0.1) is 25.6 Å². The van der Waals surface area contributed by atoms with Gasteiger partial charge in [-0.3, -0.25) is 24.5 Å². The first-order valence-corrected chi connectivity index (χ1v) is 8.99. The van der Waals surface area contributed by atoms with E-state index in [2.05, 4.69) is 0 Å². The second kappa shape index (κ2) is 7.97. The molecule has 1 fully saturated rings. The monoisotopic (exact) mass is 367 g/mol. The Morgan fingerprint density at radius 3 is 2.46 bits per heavy atom. The molecule has 3 atom stereocenters. The van der Waals surface area contributed by atoms with Crippen LogP contribution in [0.15, 0.2) is 11.1 Å². The quantitative estimate of drug-likeness (QED) is 0.306. The minimum Gasteiger partial charge on any atom is -0.466 e. The molecule has 0 bridgehead atoms. The van der Waals surface area contributed by atoms with Gasteiger partial charge in [0, 0.05) is 16.9 Å². The number of hydrogen-bond acceptors (Lipinski definition) is 7. The molecule has 0 aromatic rings. The van der Waals surface area contributed by atoms with E-state index in [9.17, 15) is 24.5 Å². The molecule has 0 aliphatic heterocycles. The number of ether oxygens (including phenoxy) is 2. The summed E-state index contributed by atoms with van der Waals surface area (Å²) in [7, 11) is 0. The van der Waals surface area contributed by atoms with E-state index in [0.29, 0.717) is 24.8 Å². The SMILES string of the molecule is CCOC(=O)C[C@@]1(C(=O)OCC)CC[C@@H]2C(=C(C)CC[C@@H]2[N+](=O)[O-])C1=O. The maximum absolute atomic E-state index is 13.3. The Balaban J connectivity index is 2.45. The van der Waals surface area contributed by atoms with E-state index in [1.807, 2.05) is 0 Å². The summed E-state index contributed by atoms with van der Waals surface area (Å²) in [5, 5.41) is 11.4. The third-order valence-corrected chi connectivity index (χ3v) is 5.36. The summed E-state index contributed by atoms with van der Waals surface area (Å²) in [4.78, 5) is 49.1. The zero-order chi connectivity index (χ0) is 19.5. The van der Waals surface area contributed by atoms with Crippen LogP contribution >= 0.6 is 0 Å². The molecule has 0 spiro atoms. The topological polar surface area (TPSA) is 113 Å². The van der Waals surface area contributed by atoms with Gasteiger partial charge in [0.15, 0.2) is 5.78 Å². The molecule has 26 heavy (non-hydrogen) atoms. The summed E-state index contributed by atoms with van der Waals surface area (Å²) < 4.78 is 10.0. The van der Waals surface area contributed by atoms with Crippen molar-refractivity contribution < 1.29 is 28.8 Å². The Morgan fingerprint density at radius 2 is 1.88 bits per heavy atom. The average molecular weight is 367 g/mol. The van der Waals surface area contributed by atoms with Crippen LogP contribution in [-0.2, 0) is 23.9 Å². The fourth-order valence-electron chi connectivity index (χ4n) is 4.10. The zero-order valence-electron chi connectivity index (χ0n) is 15.4. The minimum absolute atomic E-state index is 0.0509. The van der Waals surface area contributed by atoms with E-state index in [4.69, 9.17) is 9.47 Å². The third-order valence-electron chi connectivity index (χ3n) is 5.36. The number of esters is 2. The molecule has 0 aromatic carbocycles. The second-order valence-corrected chi connectivity index (χ2v) is 6.84. The summed E-state index contributed by atoms with van der Waals surface area (Å²) in [6.45, 7) is 5.25. The number of nitrogens with zero attached hydrogens (tertiary/aromatic N) is 1. The number of carbonyl (C=O) groups excluding carboxylic acids is 3. The molecule has 0 radical (unpaired) electrons. The van der Waals surface area contributed by atoms with Crippen molar-refractivity contribution in [2.24, 2.45) is 11.3 Å². The number of nitro groups is 1. The number of carbonyl (C=O) groups is 3. The van der Waals surface area contributed by atoms with Crippen LogP contribution in [-0.4, -0.2) is 41.9 Å². The fraction of sp³-hybridized carbons (Fsp3) is 0.722. The van der Waals surface area contributed by atoms with Gasteiger partial charge >= 0.3 is 11.9 Å². The lowest BCUT2D eigenvalue weighted by molar-refractivity contribution is -0.532. The molecule has 144 valence electrons. The van der Waals surface area contributed by atoms with E-state index < -0.39 is 41.5 Å². The van der Waals surface area contributed by atoms with Gasteiger partial charge in [-0.15, -0.1) is 0 Å². The number of allylic oxidation sites excluding steroid dienone is 1. The summed E-state index contributed by atoms with van der Waals surface area (Å²) in [6.07, 6.45) is 0.759. The van der Waals surface area contributed by atoms with Crippen molar-refractivity contribution in [3.8, 4) is 0 Å². The molecule has 2 rings (SSSR count). The van der Waals surface area contributed by atoms with Gasteiger partial charge in [-0.05, 0) is 40.0 Å². The summed E-state index contributed by atoms with van der Waals surface area (Å²) in [6, 6.07) is -0.833. The molecule has 8 nitrogen and oxygen atoms in total. The highest BCUT2D eigenvalue weighted by molar-refractivity contribution is 6.15. The van der Waals surface area contributed by atoms with Gasteiger partial charge in [-0.2, -0.15) is 0 Å². The smallest absolute Gasteiger partial charge is 0.320 e. The van der Waals surface area contributed by atoms with Crippen LogP contribution in [0.4, 0.5) is 0 Å². The maximum atomic E-state index is 13.3. The van der Waals surface area contributed by atoms with Crippen LogP contribution < -0.4 is 0 Å². The number of hydrogen-bond donors (Lipinski definition) is 0. The van der Waals surface area contributed by atoms with Crippen molar-refractivity contribution in [2.45, 2.75) is 58.9 Å². The molecule has 0 aromatic heterocycles. The van der Waals surface area contributed by atoms with Gasteiger partial charge in [0.2, 0.25) is 6.04 Å². The second-order valence-electron chi connectivity index (χ2n) is 6.84. The van der Waals surface area contributed by atoms with Gasteiger partial charge in [0.25, 0.3) is 0 Å². The number of fused-ring (bicyclic) bond motifs is 1. The molecule has 0 N–H and O–H groups in total. The highest BCUT2D eigenvalue weighted by Crippen LogP contribution is 2.48. The summed E-state index contributed by atoms with van der Waals surface area (Å²) in [5.41, 5.74) is -0.551. The minimum atomic E-state index is -1.64. The molecule has 0 unspecified atom stereocenters. The number of rotatable bonds is 6. The van der Waals surface area contributed by atoms with E-state index in [0.717, 1.165) is 5.57 Å². The molecule has 2 aliphatic carbocycles. The molecule has 8 heteroatoms. The number of Topliss-reactive ketones (excluding diaryl/α,β-unsaturated/α-hetero) is 1. The van der Waals surface area contributed by atoms with Gasteiger partial charge < -0.3 is 9.47 Å². The normalized spacial score (nSPS) is 28.3. The Hall–Kier alpha value is -2.25. The average Bonchev–Trinajstić information content (AvgIpc) is 2.57. The van der Waals surface area contributed by atoms with Crippen LogP contribution in [0.1, 0.15) is 52.9 Å². The first kappa shape index (κ1) is 20.1. The molecule has 0 amide bonds. The number of ketones is 1. The molecule has 1 saturated carbocycles. The Labute approximate surface area is 152 Å². The molecule has 0 heterocycles. The van der Waals surface area contributed by atoms with Gasteiger partial charge in [-0.1, -0.05) is 5.57 Å². The highest BCUT2D eigenvalue weighted by Gasteiger charge is 2.57. The van der Waals surface area contributed by atoms with Crippen LogP contribution in [0.5, 0.6) is 0 Å². The van der Waals surface area contributed by atoms with Crippen LogP contribution in [0.3, 0.4) is 0 Å². The first-order valence-electron chi connectivity index (χ1n) is 8.99. The van der Waals surface area contributed by atoms with Crippen LogP contribution in [0, 0.1) is 21.4 Å². The van der Waals surface area contributed by atoms with Crippen molar-refractivity contribution in [2.75, 3.05) is 13.2 Å². The van der Waals surface area contributed by atoms with Crippen molar-refractivity contribution in [1.29, 1.82) is 0 Å². The molecule has 2 aliphatic rings. The third kappa shape index (κ3) is 3.50. The summed E-state index contributed by atoms with van der Waals surface area (Å²) >= 11 is 0. The summed E-state index contributed by atoms with van der Waals surface area (Å²) in [5.74, 6) is -2.42. The molecular weight excluding hydrogens is 342 g/mol. The molecule has 0 saturated heterocycles. The lowest BCUT2D eigenvalue weighted by Crippen LogP contribution is -2.51. The predicted octanol–water partition coefficient (Wildman–Crippen LogP) is 2.22. The van der Waals surface area contributed by atoms with Crippen molar-refractivity contribution in [3.63, 3.8) is 0 Å². The van der Waals surface area contributed by atoms with E-state index in [-0.39, 0.29) is 24.6 Å². The van der Waals surface area contributed by atoms with E-state index >= 15 is 0 Å². The Kier molecular flexibility index (Phi) is 6.15. The van der Waals surface area contributed by atoms with Crippen LogP contribution in [0.25, 0.3) is 0 Å². The predicted molar refractivity (Wildman–Crippen MR) is 90.8 cm³/mol. The fourth-order valence-corrected chi connectivity index (χ4v) is 4.10. The highest BCUT2D eigenvalue weighted by atomic mass is 16.6. The Bertz CT molecular complexity index is 654. The lowest BCUT2D eigenvalue weighted by atomic mass is 9.60. The van der Waals surface area contributed by atoms with E-state index in [1.165, 1.54) is 0 Å². The van der Waals surface area contributed by atoms with Crippen molar-refractivity contribution >= 4 is 17.7 Å². The lowest BCUT2D eigenvalue weighted by Gasteiger charge is -2.40. The Morgan fingerprint density at radius 1 is 1.23 bits per heavy atom. The van der Waals surface area contributed by atoms with Crippen molar-refractivity contribution in [3.05, 3.63) is 21.3 Å². The maximum Gasteiger partial charge on any atom is 0.320 e. The molecular formula is C18H25NO7. The standard InChI is InChI=1S/C18H25NO7/c1-4-25-14(20)10-18(17(22)26-5-2)9-8-12-13(19(23)24)7-6-11(3)15(12)16(18)21/h12-13H,4-10H2,1-3H3/t12-,13-,18-/m0/s1. The van der Waals surface area contributed by atoms with Gasteiger partial charge in [0.1, 0.15) is 5.41 Å².